The first-order valence-corrected chi connectivity index (χ1v) is 8.35. The van der Waals surface area contributed by atoms with Crippen LogP contribution in [0.3, 0.4) is 0 Å². The molecule has 1 aromatic carbocycles. The molecule has 0 fully saturated rings. The van der Waals surface area contributed by atoms with Gasteiger partial charge in [-0.2, -0.15) is 0 Å². The van der Waals surface area contributed by atoms with Crippen LogP contribution in [-0.2, 0) is 10.0 Å². The number of pyridine rings is 1. The van der Waals surface area contributed by atoms with E-state index >= 15 is 0 Å². The van der Waals surface area contributed by atoms with Gasteiger partial charge in [0, 0.05) is 5.69 Å². The molecule has 2 rings (SSSR count). The molecule has 6 heteroatoms. The Kier molecular flexibility index (Phi) is 4.47. The third-order valence-corrected chi connectivity index (χ3v) is 4.34. The van der Waals surface area contributed by atoms with Gasteiger partial charge in [-0.25, -0.2) is 13.4 Å². The van der Waals surface area contributed by atoms with Crippen LogP contribution in [0.15, 0.2) is 36.5 Å². The first-order valence-electron chi connectivity index (χ1n) is 6.70. The molecule has 5 nitrogen and oxygen atoms in total. The fourth-order valence-corrected chi connectivity index (χ4v) is 2.45. The van der Waals surface area contributed by atoms with E-state index in [9.17, 15) is 8.42 Å². The highest BCUT2D eigenvalue weighted by atomic mass is 32.2. The summed E-state index contributed by atoms with van der Waals surface area (Å²) in [6.45, 7) is 5.66. The molecule has 0 bridgehead atoms. The van der Waals surface area contributed by atoms with Crippen LogP contribution >= 0.6 is 0 Å². The van der Waals surface area contributed by atoms with E-state index in [-0.39, 0.29) is 5.75 Å². The molecule has 2 aromatic rings. The summed E-state index contributed by atoms with van der Waals surface area (Å²) in [5.74, 6) is 0.347. The number of anilines is 3. The zero-order valence-corrected chi connectivity index (χ0v) is 13.2. The molecule has 0 saturated carbocycles. The monoisotopic (exact) mass is 305 g/mol. The van der Waals surface area contributed by atoms with E-state index in [2.05, 4.69) is 21.1 Å². The first-order chi connectivity index (χ1) is 9.89. The van der Waals surface area contributed by atoms with Crippen molar-refractivity contribution in [3.63, 3.8) is 0 Å². The van der Waals surface area contributed by atoms with E-state index in [1.54, 1.807) is 25.3 Å². The summed E-state index contributed by atoms with van der Waals surface area (Å²) >= 11 is 0. The minimum absolute atomic E-state index is 0.0250. The zero-order chi connectivity index (χ0) is 15.5. The van der Waals surface area contributed by atoms with Crippen molar-refractivity contribution < 1.29 is 8.42 Å². The molecule has 0 unspecified atom stereocenters. The lowest BCUT2D eigenvalue weighted by atomic mass is 10.1. The van der Waals surface area contributed by atoms with Gasteiger partial charge in [-0.1, -0.05) is 17.7 Å². The molecule has 112 valence electrons. The summed E-state index contributed by atoms with van der Waals surface area (Å²) in [4.78, 5) is 4.10. The Balaban J connectivity index is 2.12. The van der Waals surface area contributed by atoms with Gasteiger partial charge >= 0.3 is 0 Å². The Bertz CT molecular complexity index is 725. The molecule has 0 aliphatic carbocycles. The maximum Gasteiger partial charge on any atom is 0.233 e. The Hall–Kier alpha value is -2.08. The van der Waals surface area contributed by atoms with Crippen LogP contribution in [-0.4, -0.2) is 19.2 Å². The van der Waals surface area contributed by atoms with Crippen molar-refractivity contribution in [2.75, 3.05) is 15.8 Å². The summed E-state index contributed by atoms with van der Waals surface area (Å²) in [5, 5.41) is 3.26. The molecular weight excluding hydrogens is 286 g/mol. The molecule has 0 radical (unpaired) electrons. The highest BCUT2D eigenvalue weighted by molar-refractivity contribution is 7.92. The molecule has 0 atom stereocenters. The Morgan fingerprint density at radius 3 is 2.48 bits per heavy atom. The van der Waals surface area contributed by atoms with Crippen LogP contribution < -0.4 is 10.0 Å². The van der Waals surface area contributed by atoms with Crippen LogP contribution in [0.4, 0.5) is 17.2 Å². The van der Waals surface area contributed by atoms with Crippen LogP contribution in [0, 0.1) is 13.8 Å². The highest BCUT2D eigenvalue weighted by Crippen LogP contribution is 2.21. The lowest BCUT2D eigenvalue weighted by Crippen LogP contribution is -2.15. The smallest absolute Gasteiger partial charge is 0.233 e. The summed E-state index contributed by atoms with van der Waals surface area (Å²) in [5.41, 5.74) is 4.16. The summed E-state index contributed by atoms with van der Waals surface area (Å²) < 4.78 is 25.3. The predicted molar refractivity (Wildman–Crippen MR) is 86.5 cm³/mol. The lowest BCUT2D eigenvalue weighted by Gasteiger charge is -2.11. The third kappa shape index (κ3) is 4.19. The minimum atomic E-state index is -3.29. The van der Waals surface area contributed by atoms with Gasteiger partial charge in [-0.05, 0) is 44.5 Å². The number of hydrogen-bond donors (Lipinski definition) is 2. The lowest BCUT2D eigenvalue weighted by molar-refractivity contribution is 0.602. The number of nitrogens with zero attached hydrogens (tertiary/aromatic N) is 1. The van der Waals surface area contributed by atoms with Gasteiger partial charge in [0.25, 0.3) is 0 Å². The molecule has 0 saturated heterocycles. The van der Waals surface area contributed by atoms with Crippen LogP contribution in [0.1, 0.15) is 18.1 Å². The van der Waals surface area contributed by atoms with Gasteiger partial charge in [0.2, 0.25) is 10.0 Å². The van der Waals surface area contributed by atoms with Crippen molar-refractivity contribution in [2.24, 2.45) is 0 Å². The molecule has 1 heterocycles. The molecule has 21 heavy (non-hydrogen) atoms. The summed E-state index contributed by atoms with van der Waals surface area (Å²) in [6.07, 6.45) is 1.60. The molecule has 1 aromatic heterocycles. The van der Waals surface area contributed by atoms with E-state index in [0.29, 0.717) is 5.82 Å². The third-order valence-electron chi connectivity index (χ3n) is 3.06. The van der Waals surface area contributed by atoms with Crippen molar-refractivity contribution in [1.29, 1.82) is 0 Å². The number of rotatable bonds is 5. The SMILES string of the molecule is CCS(=O)(=O)Nc1ccc(Nc2ccc(C)cc2C)cn1. The fourth-order valence-electron chi connectivity index (χ4n) is 1.87. The number of aryl methyl sites for hydroxylation is 2. The van der Waals surface area contributed by atoms with Gasteiger partial charge in [-0.15, -0.1) is 0 Å². The predicted octanol–water partition coefficient (Wildman–Crippen LogP) is 3.20. The number of aromatic nitrogens is 1. The molecule has 0 amide bonds. The zero-order valence-electron chi connectivity index (χ0n) is 12.3. The van der Waals surface area contributed by atoms with Crippen LogP contribution in [0.2, 0.25) is 0 Å². The van der Waals surface area contributed by atoms with E-state index < -0.39 is 10.0 Å². The van der Waals surface area contributed by atoms with Gasteiger partial charge < -0.3 is 5.32 Å². The number of hydrogen-bond acceptors (Lipinski definition) is 4. The van der Waals surface area contributed by atoms with E-state index in [1.807, 2.05) is 26.0 Å². The second-order valence-electron chi connectivity index (χ2n) is 4.88. The molecule has 0 spiro atoms. The maximum atomic E-state index is 11.5. The Morgan fingerprint density at radius 2 is 1.90 bits per heavy atom. The second kappa shape index (κ2) is 6.13. The molecule has 0 aliphatic heterocycles. The quantitative estimate of drug-likeness (QED) is 0.890. The Labute approximate surface area is 125 Å². The van der Waals surface area contributed by atoms with E-state index in [0.717, 1.165) is 16.9 Å². The average Bonchev–Trinajstić information content (AvgIpc) is 2.44. The minimum Gasteiger partial charge on any atom is -0.354 e. The standard InChI is InChI=1S/C15H19N3O2S/c1-4-21(19,20)18-15-8-6-13(10-16-15)17-14-7-5-11(2)9-12(14)3/h5-10,17H,4H2,1-3H3,(H,16,18). The Morgan fingerprint density at radius 1 is 1.14 bits per heavy atom. The van der Waals surface area contributed by atoms with Crippen molar-refractivity contribution >= 4 is 27.2 Å². The number of sulfonamides is 1. The summed E-state index contributed by atoms with van der Waals surface area (Å²) in [7, 11) is -3.29. The van der Waals surface area contributed by atoms with Crippen molar-refractivity contribution in [3.05, 3.63) is 47.7 Å². The first kappa shape index (κ1) is 15.3. The van der Waals surface area contributed by atoms with Gasteiger partial charge in [0.05, 0.1) is 17.6 Å². The molecular formula is C15H19N3O2S. The summed E-state index contributed by atoms with van der Waals surface area (Å²) in [6, 6.07) is 9.57. The fraction of sp³-hybridized carbons (Fsp3) is 0.267. The van der Waals surface area contributed by atoms with Gasteiger partial charge in [-0.3, -0.25) is 4.72 Å². The number of benzene rings is 1. The maximum absolute atomic E-state index is 11.5. The van der Waals surface area contributed by atoms with E-state index in [1.165, 1.54) is 5.56 Å². The van der Waals surface area contributed by atoms with Crippen molar-refractivity contribution in [3.8, 4) is 0 Å². The number of nitrogens with one attached hydrogen (secondary N) is 2. The van der Waals surface area contributed by atoms with Crippen LogP contribution in [0.25, 0.3) is 0 Å². The van der Waals surface area contributed by atoms with Gasteiger partial charge in [0.15, 0.2) is 0 Å². The normalized spacial score (nSPS) is 11.2. The van der Waals surface area contributed by atoms with Gasteiger partial charge in [0.1, 0.15) is 5.82 Å². The average molecular weight is 305 g/mol. The topological polar surface area (TPSA) is 71.1 Å². The van der Waals surface area contributed by atoms with Crippen molar-refractivity contribution in [2.45, 2.75) is 20.8 Å². The van der Waals surface area contributed by atoms with Crippen molar-refractivity contribution in [1.82, 2.24) is 4.98 Å². The van der Waals surface area contributed by atoms with Crippen LogP contribution in [0.5, 0.6) is 0 Å². The molecule has 0 aliphatic rings. The van der Waals surface area contributed by atoms with E-state index in [4.69, 9.17) is 0 Å². The highest BCUT2D eigenvalue weighted by Gasteiger charge is 2.07. The second-order valence-corrected chi connectivity index (χ2v) is 6.89. The molecule has 2 N–H and O–H groups in total. The largest absolute Gasteiger partial charge is 0.354 e.